The number of hydrogen-bond acceptors (Lipinski definition) is 6. The van der Waals surface area contributed by atoms with Crippen LogP contribution >= 0.6 is 11.3 Å². The van der Waals surface area contributed by atoms with Gasteiger partial charge in [-0.3, -0.25) is 14.2 Å². The highest BCUT2D eigenvalue weighted by Gasteiger charge is 2.26. The van der Waals surface area contributed by atoms with Gasteiger partial charge in [0.2, 0.25) is 5.91 Å². The first-order valence-corrected chi connectivity index (χ1v) is 10.8. The highest BCUT2D eigenvalue weighted by atomic mass is 32.1. The first-order chi connectivity index (χ1) is 13.4. The molecule has 4 rings (SSSR count). The van der Waals surface area contributed by atoms with Crippen LogP contribution in [0.15, 0.2) is 4.79 Å². The van der Waals surface area contributed by atoms with E-state index < -0.39 is 0 Å². The second-order valence-electron chi connectivity index (χ2n) is 8.18. The van der Waals surface area contributed by atoms with Crippen LogP contribution in [0.2, 0.25) is 0 Å². The molecule has 8 heteroatoms. The molecule has 1 saturated heterocycles. The molecule has 0 saturated carbocycles. The molecule has 0 spiro atoms. The quantitative estimate of drug-likeness (QED) is 0.773. The smallest absolute Gasteiger partial charge is 0.263 e. The summed E-state index contributed by atoms with van der Waals surface area (Å²) >= 11 is 1.66. The molecule has 1 fully saturated rings. The van der Waals surface area contributed by atoms with Crippen LogP contribution in [0.3, 0.4) is 0 Å². The van der Waals surface area contributed by atoms with Gasteiger partial charge in [0.25, 0.3) is 5.56 Å². The van der Waals surface area contributed by atoms with Gasteiger partial charge in [0, 0.05) is 18.0 Å². The minimum absolute atomic E-state index is 0.0377. The molecule has 1 atom stereocenters. The number of amides is 1. The SMILES string of the molecule is CC1CCc2c(sc3nc(CN(C)C)n(CC(=O)N4CCOCC4)c(=O)c23)C1. The predicted molar refractivity (Wildman–Crippen MR) is 110 cm³/mol. The second kappa shape index (κ2) is 7.93. The normalized spacial score (nSPS) is 20.0. The molecule has 7 nitrogen and oxygen atoms in total. The standard InChI is InChI=1S/C20H28N4O3S/c1-13-4-5-14-15(10-13)28-19-18(14)20(26)24(16(21-19)11-22(2)3)12-17(25)23-6-8-27-9-7-23/h13H,4-12H2,1-3H3. The van der Waals surface area contributed by atoms with Gasteiger partial charge in [0.05, 0.1) is 25.1 Å². The van der Waals surface area contributed by atoms with Crippen molar-refractivity contribution in [2.24, 2.45) is 5.92 Å². The number of carbonyl (C=O) groups excluding carboxylic acids is 1. The fourth-order valence-corrected chi connectivity index (χ4v) is 5.47. The Balaban J connectivity index is 1.77. The second-order valence-corrected chi connectivity index (χ2v) is 9.27. The molecule has 2 aliphatic rings. The van der Waals surface area contributed by atoms with Crippen LogP contribution in [-0.4, -0.2) is 65.7 Å². The van der Waals surface area contributed by atoms with Crippen molar-refractivity contribution in [1.29, 1.82) is 0 Å². The molecular weight excluding hydrogens is 376 g/mol. The van der Waals surface area contributed by atoms with Crippen molar-refractivity contribution in [1.82, 2.24) is 19.4 Å². The van der Waals surface area contributed by atoms with Crippen molar-refractivity contribution < 1.29 is 9.53 Å². The van der Waals surface area contributed by atoms with Gasteiger partial charge in [-0.15, -0.1) is 11.3 Å². The molecule has 1 amide bonds. The van der Waals surface area contributed by atoms with Gasteiger partial charge in [0.1, 0.15) is 17.2 Å². The first-order valence-electron chi connectivity index (χ1n) is 9.98. The monoisotopic (exact) mass is 404 g/mol. The third-order valence-electron chi connectivity index (χ3n) is 5.61. The maximum Gasteiger partial charge on any atom is 0.263 e. The fraction of sp³-hybridized carbons (Fsp3) is 0.650. The molecule has 0 radical (unpaired) electrons. The zero-order valence-electron chi connectivity index (χ0n) is 16.9. The summed E-state index contributed by atoms with van der Waals surface area (Å²) in [5.74, 6) is 1.27. The number of morpholine rings is 1. The maximum absolute atomic E-state index is 13.5. The van der Waals surface area contributed by atoms with Crippen molar-refractivity contribution in [3.8, 4) is 0 Å². The minimum atomic E-state index is -0.0597. The van der Waals surface area contributed by atoms with Gasteiger partial charge >= 0.3 is 0 Å². The third kappa shape index (κ3) is 3.73. The lowest BCUT2D eigenvalue weighted by molar-refractivity contribution is -0.136. The molecule has 152 valence electrons. The molecule has 1 aliphatic heterocycles. The fourth-order valence-electron chi connectivity index (χ4n) is 4.08. The maximum atomic E-state index is 13.5. The molecule has 1 unspecified atom stereocenters. The van der Waals surface area contributed by atoms with Crippen molar-refractivity contribution in [2.45, 2.75) is 39.3 Å². The van der Waals surface area contributed by atoms with Gasteiger partial charge in [-0.1, -0.05) is 6.92 Å². The average molecular weight is 405 g/mol. The number of fused-ring (bicyclic) bond motifs is 3. The lowest BCUT2D eigenvalue weighted by Crippen LogP contribution is -2.44. The molecule has 0 aromatic carbocycles. The van der Waals surface area contributed by atoms with E-state index in [1.807, 2.05) is 19.0 Å². The Kier molecular flexibility index (Phi) is 5.53. The van der Waals surface area contributed by atoms with Crippen molar-refractivity contribution in [3.63, 3.8) is 0 Å². The Bertz CT molecular complexity index is 943. The number of hydrogen-bond donors (Lipinski definition) is 0. The Morgan fingerprint density at radius 3 is 2.79 bits per heavy atom. The van der Waals surface area contributed by atoms with Crippen LogP contribution in [0.1, 0.15) is 29.6 Å². The Morgan fingerprint density at radius 2 is 2.07 bits per heavy atom. The number of nitrogens with zero attached hydrogens (tertiary/aromatic N) is 4. The molecule has 2 aromatic heterocycles. The van der Waals surface area contributed by atoms with E-state index in [9.17, 15) is 9.59 Å². The van der Waals surface area contributed by atoms with E-state index in [1.54, 1.807) is 20.8 Å². The molecule has 1 aliphatic carbocycles. The summed E-state index contributed by atoms with van der Waals surface area (Å²) in [5, 5.41) is 0.740. The number of thiophene rings is 1. The van der Waals surface area contributed by atoms with Crippen molar-refractivity contribution in [3.05, 3.63) is 26.6 Å². The lowest BCUT2D eigenvalue weighted by atomic mass is 9.89. The van der Waals surface area contributed by atoms with E-state index in [0.29, 0.717) is 44.6 Å². The zero-order valence-corrected chi connectivity index (χ0v) is 17.7. The summed E-state index contributed by atoms with van der Waals surface area (Å²) in [4.78, 5) is 37.1. The predicted octanol–water partition coefficient (Wildman–Crippen LogP) is 1.50. The largest absolute Gasteiger partial charge is 0.378 e. The third-order valence-corrected chi connectivity index (χ3v) is 6.76. The van der Waals surface area contributed by atoms with E-state index in [-0.39, 0.29) is 18.0 Å². The summed E-state index contributed by atoms with van der Waals surface area (Å²) in [6.07, 6.45) is 3.05. The molecule has 0 bridgehead atoms. The van der Waals surface area contributed by atoms with Crippen LogP contribution in [0.25, 0.3) is 10.2 Å². The molecule has 0 N–H and O–H groups in total. The summed E-state index contributed by atoms with van der Waals surface area (Å²) in [5.41, 5.74) is 1.11. The number of aryl methyl sites for hydroxylation is 1. The minimum Gasteiger partial charge on any atom is -0.378 e. The molecule has 3 heterocycles. The Morgan fingerprint density at radius 1 is 1.32 bits per heavy atom. The molecule has 28 heavy (non-hydrogen) atoms. The van der Waals surface area contributed by atoms with Crippen LogP contribution in [0.4, 0.5) is 0 Å². The number of ether oxygens (including phenoxy) is 1. The average Bonchev–Trinajstić information content (AvgIpc) is 3.02. The van der Waals surface area contributed by atoms with Crippen molar-refractivity contribution in [2.75, 3.05) is 40.4 Å². The number of aromatic nitrogens is 2. The van der Waals surface area contributed by atoms with Gasteiger partial charge in [-0.2, -0.15) is 0 Å². The summed E-state index contributed by atoms with van der Waals surface area (Å²) < 4.78 is 6.94. The molecule has 2 aromatic rings. The van der Waals surface area contributed by atoms with Crippen LogP contribution in [-0.2, 0) is 35.5 Å². The van der Waals surface area contributed by atoms with Crippen molar-refractivity contribution >= 4 is 27.5 Å². The van der Waals surface area contributed by atoms with Crippen LogP contribution in [0, 0.1) is 5.92 Å². The number of carbonyl (C=O) groups is 1. The Labute approximate surface area is 168 Å². The summed E-state index contributed by atoms with van der Waals surface area (Å²) in [6.45, 7) is 5.11. The van der Waals surface area contributed by atoms with Crippen LogP contribution < -0.4 is 5.56 Å². The van der Waals surface area contributed by atoms with E-state index in [4.69, 9.17) is 9.72 Å². The zero-order chi connectivity index (χ0) is 19.8. The summed E-state index contributed by atoms with van der Waals surface area (Å²) in [6, 6.07) is 0. The first kappa shape index (κ1) is 19.5. The highest BCUT2D eigenvalue weighted by molar-refractivity contribution is 7.18. The van der Waals surface area contributed by atoms with E-state index in [1.165, 1.54) is 10.4 Å². The Hall–Kier alpha value is -1.77. The van der Waals surface area contributed by atoms with Gasteiger partial charge in [0.15, 0.2) is 0 Å². The highest BCUT2D eigenvalue weighted by Crippen LogP contribution is 2.35. The molecular formula is C20H28N4O3S. The van der Waals surface area contributed by atoms with E-state index >= 15 is 0 Å². The van der Waals surface area contributed by atoms with E-state index in [2.05, 4.69) is 6.92 Å². The number of rotatable bonds is 4. The lowest BCUT2D eigenvalue weighted by Gasteiger charge is -2.27. The van der Waals surface area contributed by atoms with Gasteiger partial charge in [-0.05, 0) is 44.8 Å². The van der Waals surface area contributed by atoms with Gasteiger partial charge < -0.3 is 14.5 Å². The van der Waals surface area contributed by atoms with E-state index in [0.717, 1.165) is 29.5 Å². The van der Waals surface area contributed by atoms with Crippen LogP contribution in [0.5, 0.6) is 0 Å². The topological polar surface area (TPSA) is 67.7 Å². The summed E-state index contributed by atoms with van der Waals surface area (Å²) in [7, 11) is 3.90. The van der Waals surface area contributed by atoms with Gasteiger partial charge in [-0.25, -0.2) is 4.98 Å².